The third kappa shape index (κ3) is 2.51. The van der Waals surface area contributed by atoms with Gasteiger partial charge in [0.2, 0.25) is 5.88 Å². The van der Waals surface area contributed by atoms with Crippen molar-refractivity contribution in [1.29, 1.82) is 5.26 Å². The van der Waals surface area contributed by atoms with Crippen LogP contribution in [0.2, 0.25) is 0 Å². The summed E-state index contributed by atoms with van der Waals surface area (Å²) in [5, 5.41) is 9.38. The third-order valence-corrected chi connectivity index (χ3v) is 4.02. The van der Waals surface area contributed by atoms with Gasteiger partial charge in [-0.05, 0) is 19.1 Å². The molecule has 23 heavy (non-hydrogen) atoms. The van der Waals surface area contributed by atoms with Crippen molar-refractivity contribution in [3.63, 3.8) is 0 Å². The number of nitriles is 1. The van der Waals surface area contributed by atoms with E-state index in [0.29, 0.717) is 10.2 Å². The summed E-state index contributed by atoms with van der Waals surface area (Å²) in [5.41, 5.74) is 5.27. The smallest absolute Gasteiger partial charge is 0.343 e. The third-order valence-electron chi connectivity index (χ3n) is 3.53. The molecule has 0 aliphatic carbocycles. The van der Waals surface area contributed by atoms with Crippen molar-refractivity contribution in [3.8, 4) is 11.8 Å². The molecule has 1 aromatic heterocycles. The van der Waals surface area contributed by atoms with Gasteiger partial charge in [-0.1, -0.05) is 22.0 Å². The van der Waals surface area contributed by atoms with Crippen LogP contribution in [0.15, 0.2) is 49.4 Å². The molecule has 2 N–H and O–H groups in total. The zero-order chi connectivity index (χ0) is 16.7. The van der Waals surface area contributed by atoms with E-state index in [1.54, 1.807) is 13.0 Å². The van der Waals surface area contributed by atoms with Crippen molar-refractivity contribution in [3.05, 3.63) is 73.3 Å². The monoisotopic (exact) mass is 376 g/mol. The average Bonchev–Trinajstić information content (AvgIpc) is 2.45. The molecule has 0 saturated carbocycles. The highest BCUT2D eigenvalue weighted by Gasteiger charge is 2.35. The van der Waals surface area contributed by atoms with Gasteiger partial charge in [-0.3, -0.25) is 0 Å². The number of hydrogen-bond donors (Lipinski definition) is 1. The molecule has 5 nitrogen and oxygen atoms in total. The summed E-state index contributed by atoms with van der Waals surface area (Å²) < 4.78 is 25.4. The first-order chi connectivity index (χ1) is 10.9. The highest BCUT2D eigenvalue weighted by atomic mass is 79.9. The Balaban J connectivity index is 2.34. The quantitative estimate of drug-likeness (QED) is 0.825. The summed E-state index contributed by atoms with van der Waals surface area (Å²) in [6.07, 6.45) is 0. The predicted molar refractivity (Wildman–Crippen MR) is 83.1 cm³/mol. The molecule has 1 aliphatic heterocycles. The second-order valence-corrected chi connectivity index (χ2v) is 5.93. The second-order valence-electron chi connectivity index (χ2n) is 5.01. The minimum atomic E-state index is -0.978. The van der Waals surface area contributed by atoms with Gasteiger partial charge in [0.1, 0.15) is 29.0 Å². The van der Waals surface area contributed by atoms with Crippen LogP contribution >= 0.6 is 15.9 Å². The molecule has 0 fully saturated rings. The van der Waals surface area contributed by atoms with Crippen LogP contribution in [0.3, 0.4) is 0 Å². The SMILES string of the molecule is Cc1cc2c(c(=O)o1)C(c1ccc(Br)cc1F)C(C#N)=C(N)O2. The molecule has 3 rings (SSSR count). The molecule has 1 aliphatic rings. The topological polar surface area (TPSA) is 89.2 Å². The number of ether oxygens (including phenoxy) is 1. The van der Waals surface area contributed by atoms with Crippen LogP contribution < -0.4 is 16.1 Å². The van der Waals surface area contributed by atoms with Gasteiger partial charge in [-0.2, -0.15) is 5.26 Å². The Labute approximate surface area is 138 Å². The highest BCUT2D eigenvalue weighted by molar-refractivity contribution is 9.10. The summed E-state index contributed by atoms with van der Waals surface area (Å²) in [4.78, 5) is 12.3. The standard InChI is InChI=1S/C16H10BrFN2O3/c1-7-4-12-14(16(21)22-7)13(10(6-19)15(20)23-12)9-3-2-8(17)5-11(9)18/h2-5,13H,20H2,1H3. The van der Waals surface area contributed by atoms with E-state index in [-0.39, 0.29) is 28.3 Å². The van der Waals surface area contributed by atoms with Gasteiger partial charge in [0.05, 0.1) is 11.5 Å². The van der Waals surface area contributed by atoms with Gasteiger partial charge < -0.3 is 14.9 Å². The van der Waals surface area contributed by atoms with Crippen LogP contribution in [-0.4, -0.2) is 0 Å². The second kappa shape index (κ2) is 5.56. The Hall–Kier alpha value is -2.59. The minimum absolute atomic E-state index is 0.0325. The van der Waals surface area contributed by atoms with Crippen LogP contribution in [0, 0.1) is 24.1 Å². The fraction of sp³-hybridized carbons (Fsp3) is 0.125. The van der Waals surface area contributed by atoms with Gasteiger partial charge in [0.15, 0.2) is 0 Å². The largest absolute Gasteiger partial charge is 0.440 e. The first-order valence-electron chi connectivity index (χ1n) is 6.59. The lowest BCUT2D eigenvalue weighted by Crippen LogP contribution is -2.26. The number of hydrogen-bond acceptors (Lipinski definition) is 5. The fourth-order valence-electron chi connectivity index (χ4n) is 2.56. The normalized spacial score (nSPS) is 16.5. The predicted octanol–water partition coefficient (Wildman–Crippen LogP) is 3.07. The van der Waals surface area contributed by atoms with E-state index >= 15 is 0 Å². The molecule has 2 aromatic rings. The summed E-state index contributed by atoms with van der Waals surface area (Å²) in [5.74, 6) is -1.21. The van der Waals surface area contributed by atoms with Crippen molar-refractivity contribution in [2.24, 2.45) is 5.73 Å². The van der Waals surface area contributed by atoms with Gasteiger partial charge in [-0.25, -0.2) is 9.18 Å². The number of nitrogens with two attached hydrogens (primary N) is 1. The first kappa shape index (κ1) is 15.3. The van der Waals surface area contributed by atoms with Crippen molar-refractivity contribution in [2.45, 2.75) is 12.8 Å². The minimum Gasteiger partial charge on any atom is -0.440 e. The maximum Gasteiger partial charge on any atom is 0.343 e. The molecule has 2 heterocycles. The molecule has 0 amide bonds. The highest BCUT2D eigenvalue weighted by Crippen LogP contribution is 2.41. The van der Waals surface area contributed by atoms with Crippen LogP contribution in [0.5, 0.6) is 5.75 Å². The lowest BCUT2D eigenvalue weighted by Gasteiger charge is -2.25. The molecular weight excluding hydrogens is 367 g/mol. The molecular formula is C16H10BrFN2O3. The van der Waals surface area contributed by atoms with Gasteiger partial charge in [0.25, 0.3) is 0 Å². The van der Waals surface area contributed by atoms with E-state index in [4.69, 9.17) is 14.9 Å². The Kier molecular flexibility index (Phi) is 3.70. The Bertz CT molecular complexity index is 943. The van der Waals surface area contributed by atoms with E-state index in [2.05, 4.69) is 15.9 Å². The molecule has 0 spiro atoms. The summed E-state index contributed by atoms with van der Waals surface area (Å²) in [6, 6.07) is 7.75. The van der Waals surface area contributed by atoms with E-state index in [0.717, 1.165) is 0 Å². The zero-order valence-electron chi connectivity index (χ0n) is 11.9. The number of halogens is 2. The van der Waals surface area contributed by atoms with E-state index < -0.39 is 17.4 Å². The maximum absolute atomic E-state index is 14.4. The lowest BCUT2D eigenvalue weighted by atomic mass is 9.84. The van der Waals surface area contributed by atoms with Gasteiger partial charge >= 0.3 is 5.63 Å². The average molecular weight is 377 g/mol. The van der Waals surface area contributed by atoms with Crippen LogP contribution in [-0.2, 0) is 0 Å². The molecule has 1 aromatic carbocycles. The molecule has 1 unspecified atom stereocenters. The van der Waals surface area contributed by atoms with Crippen LogP contribution in [0.1, 0.15) is 22.8 Å². The summed E-state index contributed by atoms with van der Waals surface area (Å²) in [6.45, 7) is 1.58. The van der Waals surface area contributed by atoms with Gasteiger partial charge in [-0.15, -0.1) is 0 Å². The van der Waals surface area contributed by atoms with E-state index in [1.807, 2.05) is 6.07 Å². The number of nitrogens with zero attached hydrogens (tertiary/aromatic N) is 1. The fourth-order valence-corrected chi connectivity index (χ4v) is 2.90. The molecule has 7 heteroatoms. The van der Waals surface area contributed by atoms with Crippen LogP contribution in [0.25, 0.3) is 0 Å². The molecule has 116 valence electrons. The molecule has 0 saturated heterocycles. The Morgan fingerprint density at radius 1 is 1.39 bits per heavy atom. The van der Waals surface area contributed by atoms with E-state index in [9.17, 15) is 14.4 Å². The van der Waals surface area contributed by atoms with Crippen molar-refractivity contribution in [1.82, 2.24) is 0 Å². The maximum atomic E-state index is 14.4. The first-order valence-corrected chi connectivity index (χ1v) is 7.39. The zero-order valence-corrected chi connectivity index (χ0v) is 13.5. The van der Waals surface area contributed by atoms with Crippen molar-refractivity contribution in [2.75, 3.05) is 0 Å². The number of aryl methyl sites for hydroxylation is 1. The Morgan fingerprint density at radius 3 is 2.78 bits per heavy atom. The molecule has 0 radical (unpaired) electrons. The van der Waals surface area contributed by atoms with Crippen molar-refractivity contribution < 1.29 is 13.5 Å². The lowest BCUT2D eigenvalue weighted by molar-refractivity contribution is 0.370. The van der Waals surface area contributed by atoms with Crippen molar-refractivity contribution >= 4 is 15.9 Å². The molecule has 1 atom stereocenters. The molecule has 0 bridgehead atoms. The van der Waals surface area contributed by atoms with Crippen LogP contribution in [0.4, 0.5) is 4.39 Å². The number of fused-ring (bicyclic) bond motifs is 1. The summed E-state index contributed by atoms with van der Waals surface area (Å²) >= 11 is 3.17. The number of rotatable bonds is 1. The summed E-state index contributed by atoms with van der Waals surface area (Å²) in [7, 11) is 0. The number of benzene rings is 1. The number of allylic oxidation sites excluding steroid dienone is 1. The van der Waals surface area contributed by atoms with Gasteiger partial charge in [0, 0.05) is 16.1 Å². The Morgan fingerprint density at radius 2 is 2.13 bits per heavy atom. The van der Waals surface area contributed by atoms with E-state index in [1.165, 1.54) is 18.2 Å².